The van der Waals surface area contributed by atoms with Gasteiger partial charge in [-0.3, -0.25) is 4.79 Å². The second-order valence-corrected chi connectivity index (χ2v) is 5.40. The average Bonchev–Trinajstić information content (AvgIpc) is 2.92. The summed E-state index contributed by atoms with van der Waals surface area (Å²) in [5, 5.41) is 13.0. The number of hydrogen-bond donors (Lipinski definition) is 0. The van der Waals surface area contributed by atoms with Crippen LogP contribution < -0.4 is 5.56 Å². The summed E-state index contributed by atoms with van der Waals surface area (Å²) < 4.78 is 3.32. The molecule has 0 saturated carbocycles. The highest BCUT2D eigenvalue weighted by atomic mass is 16.1. The molecule has 3 heterocycles. The Hall–Kier alpha value is -3.02. The van der Waals surface area contributed by atoms with Gasteiger partial charge in [-0.05, 0) is 25.5 Å². The lowest BCUT2D eigenvalue weighted by Gasteiger charge is -2.04. The van der Waals surface area contributed by atoms with E-state index in [0.717, 1.165) is 16.8 Å². The van der Waals surface area contributed by atoms with Gasteiger partial charge in [-0.15, -0.1) is 10.2 Å². The van der Waals surface area contributed by atoms with Crippen molar-refractivity contribution in [1.82, 2.24) is 24.4 Å². The van der Waals surface area contributed by atoms with E-state index in [1.165, 1.54) is 0 Å². The van der Waals surface area contributed by atoms with Crippen LogP contribution >= 0.6 is 0 Å². The highest BCUT2D eigenvalue weighted by Crippen LogP contribution is 2.27. The zero-order chi connectivity index (χ0) is 16.0. The van der Waals surface area contributed by atoms with Crippen LogP contribution in [0.2, 0.25) is 0 Å². The van der Waals surface area contributed by atoms with E-state index in [1.54, 1.807) is 15.3 Å². The fraction of sp³-hybridized carbons (Fsp3) is 0.176. The van der Waals surface area contributed by atoms with E-state index >= 15 is 0 Å². The maximum atomic E-state index is 12.4. The van der Waals surface area contributed by atoms with Gasteiger partial charge in [-0.2, -0.15) is 5.10 Å². The molecule has 4 aromatic rings. The standard InChI is InChI=1S/C17H15N5O/c1-3-21-10-9-13-15(17(21)23)18-19-16-14(11(2)20-22(13)16)12-7-5-4-6-8-12/h4-10H,3H2,1-2H3. The van der Waals surface area contributed by atoms with Crippen LogP contribution in [-0.2, 0) is 6.54 Å². The molecule has 3 aromatic heterocycles. The van der Waals surface area contributed by atoms with Gasteiger partial charge in [0.1, 0.15) is 5.52 Å². The predicted molar refractivity (Wildman–Crippen MR) is 88.4 cm³/mol. The Morgan fingerprint density at radius 2 is 1.87 bits per heavy atom. The Kier molecular flexibility index (Phi) is 2.97. The molecule has 0 aliphatic carbocycles. The number of nitrogens with zero attached hydrogens (tertiary/aromatic N) is 5. The minimum Gasteiger partial charge on any atom is -0.314 e. The summed E-state index contributed by atoms with van der Waals surface area (Å²) in [5.74, 6) is 0. The summed E-state index contributed by atoms with van der Waals surface area (Å²) >= 11 is 0. The fourth-order valence-electron chi connectivity index (χ4n) is 2.88. The molecule has 0 amide bonds. The van der Waals surface area contributed by atoms with E-state index in [1.807, 2.05) is 50.2 Å². The van der Waals surface area contributed by atoms with Gasteiger partial charge in [0.15, 0.2) is 11.2 Å². The smallest absolute Gasteiger partial charge is 0.280 e. The highest BCUT2D eigenvalue weighted by Gasteiger charge is 2.16. The first-order valence-electron chi connectivity index (χ1n) is 7.51. The number of benzene rings is 1. The number of aryl methyl sites for hydroxylation is 2. The molecule has 0 aliphatic rings. The van der Waals surface area contributed by atoms with Gasteiger partial charge < -0.3 is 4.57 Å². The fourth-order valence-corrected chi connectivity index (χ4v) is 2.88. The Labute approximate surface area is 132 Å². The van der Waals surface area contributed by atoms with Crippen molar-refractivity contribution in [2.45, 2.75) is 20.4 Å². The van der Waals surface area contributed by atoms with Crippen LogP contribution in [0.1, 0.15) is 12.6 Å². The molecular formula is C17H15N5O. The molecule has 0 aliphatic heterocycles. The number of fused-ring (bicyclic) bond motifs is 3. The predicted octanol–water partition coefficient (Wildman–Crippen LogP) is 2.43. The first-order chi connectivity index (χ1) is 11.2. The third-order valence-electron chi connectivity index (χ3n) is 4.03. The van der Waals surface area contributed by atoms with Crippen molar-refractivity contribution in [1.29, 1.82) is 0 Å². The molecule has 0 fully saturated rings. The molecule has 0 atom stereocenters. The van der Waals surface area contributed by atoms with Crippen molar-refractivity contribution in [3.8, 4) is 11.1 Å². The monoisotopic (exact) mass is 305 g/mol. The minimum atomic E-state index is -0.145. The normalized spacial score (nSPS) is 11.4. The minimum absolute atomic E-state index is 0.145. The van der Waals surface area contributed by atoms with Crippen molar-refractivity contribution in [3.05, 3.63) is 58.6 Å². The summed E-state index contributed by atoms with van der Waals surface area (Å²) in [6.45, 7) is 4.46. The van der Waals surface area contributed by atoms with Gasteiger partial charge >= 0.3 is 0 Å². The van der Waals surface area contributed by atoms with E-state index in [-0.39, 0.29) is 5.56 Å². The zero-order valence-electron chi connectivity index (χ0n) is 12.9. The molecule has 0 saturated heterocycles. The number of rotatable bonds is 2. The second-order valence-electron chi connectivity index (χ2n) is 5.40. The SMILES string of the molecule is CCn1ccc2c(nnc3c(-c4ccccc4)c(C)nn32)c1=O. The van der Waals surface area contributed by atoms with Crippen LogP contribution in [0.15, 0.2) is 47.4 Å². The lowest BCUT2D eigenvalue weighted by molar-refractivity contribution is 0.729. The largest absolute Gasteiger partial charge is 0.314 e. The Morgan fingerprint density at radius 3 is 2.61 bits per heavy atom. The Morgan fingerprint density at radius 1 is 1.09 bits per heavy atom. The van der Waals surface area contributed by atoms with Crippen LogP contribution in [0.25, 0.3) is 27.8 Å². The van der Waals surface area contributed by atoms with Crippen LogP contribution in [-0.4, -0.2) is 24.4 Å². The van der Waals surface area contributed by atoms with Crippen LogP contribution in [0, 0.1) is 6.92 Å². The summed E-state index contributed by atoms with van der Waals surface area (Å²) in [7, 11) is 0. The molecule has 23 heavy (non-hydrogen) atoms. The third kappa shape index (κ3) is 1.95. The molecular weight excluding hydrogens is 290 g/mol. The third-order valence-corrected chi connectivity index (χ3v) is 4.03. The number of hydrogen-bond acceptors (Lipinski definition) is 4. The van der Waals surface area contributed by atoms with Gasteiger partial charge in [-0.1, -0.05) is 30.3 Å². The molecule has 6 nitrogen and oxygen atoms in total. The zero-order valence-corrected chi connectivity index (χ0v) is 12.9. The summed E-state index contributed by atoms with van der Waals surface area (Å²) in [4.78, 5) is 12.4. The van der Waals surface area contributed by atoms with E-state index in [9.17, 15) is 4.79 Å². The molecule has 0 unspecified atom stereocenters. The van der Waals surface area contributed by atoms with Crippen molar-refractivity contribution < 1.29 is 0 Å². The number of pyridine rings is 1. The van der Waals surface area contributed by atoms with E-state index in [4.69, 9.17) is 0 Å². The van der Waals surface area contributed by atoms with Gasteiger partial charge in [0, 0.05) is 12.7 Å². The van der Waals surface area contributed by atoms with Crippen LogP contribution in [0.4, 0.5) is 0 Å². The molecule has 0 N–H and O–H groups in total. The van der Waals surface area contributed by atoms with Crippen molar-refractivity contribution in [3.63, 3.8) is 0 Å². The second kappa shape index (κ2) is 5.01. The molecule has 0 spiro atoms. The van der Waals surface area contributed by atoms with E-state index in [2.05, 4.69) is 15.3 Å². The molecule has 4 rings (SSSR count). The molecule has 0 bridgehead atoms. The first kappa shape index (κ1) is 13.6. The van der Waals surface area contributed by atoms with E-state index in [0.29, 0.717) is 23.2 Å². The van der Waals surface area contributed by atoms with Crippen molar-refractivity contribution in [2.75, 3.05) is 0 Å². The summed E-state index contributed by atoms with van der Waals surface area (Å²) in [6.07, 6.45) is 1.77. The maximum Gasteiger partial charge on any atom is 0.280 e. The van der Waals surface area contributed by atoms with Gasteiger partial charge in [0.2, 0.25) is 0 Å². The summed E-state index contributed by atoms with van der Waals surface area (Å²) in [6, 6.07) is 11.8. The Balaban J connectivity index is 2.10. The van der Waals surface area contributed by atoms with Crippen molar-refractivity contribution in [2.24, 2.45) is 0 Å². The van der Waals surface area contributed by atoms with Gasteiger partial charge in [-0.25, -0.2) is 4.52 Å². The van der Waals surface area contributed by atoms with Gasteiger partial charge in [0.25, 0.3) is 5.56 Å². The highest BCUT2D eigenvalue weighted by molar-refractivity contribution is 5.84. The average molecular weight is 305 g/mol. The maximum absolute atomic E-state index is 12.4. The van der Waals surface area contributed by atoms with Crippen LogP contribution in [0.5, 0.6) is 0 Å². The molecule has 0 radical (unpaired) electrons. The van der Waals surface area contributed by atoms with Gasteiger partial charge in [0.05, 0.1) is 11.3 Å². The topological polar surface area (TPSA) is 65.1 Å². The lowest BCUT2D eigenvalue weighted by atomic mass is 10.1. The Bertz CT molecular complexity index is 1080. The number of aromatic nitrogens is 5. The summed E-state index contributed by atoms with van der Waals surface area (Å²) in [5.41, 5.74) is 4.37. The molecule has 1 aromatic carbocycles. The first-order valence-corrected chi connectivity index (χ1v) is 7.51. The van der Waals surface area contributed by atoms with Crippen LogP contribution in [0.3, 0.4) is 0 Å². The molecule has 6 heteroatoms. The van der Waals surface area contributed by atoms with E-state index < -0.39 is 0 Å². The quantitative estimate of drug-likeness (QED) is 0.570. The van der Waals surface area contributed by atoms with Crippen molar-refractivity contribution >= 4 is 16.7 Å². The lowest BCUT2D eigenvalue weighted by Crippen LogP contribution is -2.20. The molecule has 114 valence electrons.